The third kappa shape index (κ3) is 1.61. The maximum Gasteiger partial charge on any atom is 0.140 e. The average molecular weight is 263 g/mol. The van der Waals surface area contributed by atoms with Crippen LogP contribution in [0.2, 0.25) is 0 Å². The van der Waals surface area contributed by atoms with E-state index in [2.05, 4.69) is 23.9 Å². The molecule has 1 heterocycles. The molecule has 3 heteroatoms. The summed E-state index contributed by atoms with van der Waals surface area (Å²) in [6.45, 7) is 0. The highest BCUT2D eigenvalue weighted by atomic mass is 16.5. The Hall–Kier alpha value is -2.36. The van der Waals surface area contributed by atoms with E-state index in [0.717, 1.165) is 39.5 Å². The second-order valence-corrected chi connectivity index (χ2v) is 5.18. The van der Waals surface area contributed by atoms with Crippen molar-refractivity contribution in [2.75, 3.05) is 0 Å². The van der Waals surface area contributed by atoms with Gasteiger partial charge >= 0.3 is 0 Å². The van der Waals surface area contributed by atoms with Crippen LogP contribution in [0.3, 0.4) is 0 Å². The maximum absolute atomic E-state index is 6.21. The van der Waals surface area contributed by atoms with Gasteiger partial charge in [-0.05, 0) is 35.4 Å². The van der Waals surface area contributed by atoms with Crippen LogP contribution in [0.1, 0.15) is 22.7 Å². The van der Waals surface area contributed by atoms with Crippen molar-refractivity contribution in [3.8, 4) is 5.75 Å². The molecule has 2 aromatic rings. The van der Waals surface area contributed by atoms with E-state index in [-0.39, 0.29) is 6.04 Å². The van der Waals surface area contributed by atoms with Crippen molar-refractivity contribution >= 4 is 17.3 Å². The topological polar surface area (TPSA) is 62.9 Å². The number of ether oxygens (including phenoxy) is 1. The van der Waals surface area contributed by atoms with Crippen molar-refractivity contribution < 1.29 is 10.5 Å². The van der Waals surface area contributed by atoms with E-state index in [1.165, 1.54) is 0 Å². The van der Waals surface area contributed by atoms with Crippen LogP contribution in [0.5, 0.6) is 5.75 Å². The summed E-state index contributed by atoms with van der Waals surface area (Å²) in [5.74, 6) is 1.69. The minimum atomic E-state index is -0.122. The molecule has 1 aliphatic heterocycles. The molecule has 0 saturated heterocycles. The summed E-state index contributed by atoms with van der Waals surface area (Å²) in [5, 5.41) is 0. The summed E-state index contributed by atoms with van der Waals surface area (Å²) in [6.07, 6.45) is 4.14. The zero-order chi connectivity index (χ0) is 13.7. The lowest BCUT2D eigenvalue weighted by molar-refractivity contribution is -0.254. The molecule has 0 aromatic heterocycles. The Morgan fingerprint density at radius 1 is 1.10 bits per heavy atom. The van der Waals surface area contributed by atoms with Gasteiger partial charge in [0.1, 0.15) is 17.2 Å². The summed E-state index contributed by atoms with van der Waals surface area (Å²) < 4.78 is 6.02. The minimum absolute atomic E-state index is 0.122. The highest BCUT2D eigenvalue weighted by Gasteiger charge is 2.26. The molecule has 3 nitrogen and oxygen atoms in total. The SMILES string of the molecule is NC1C=C2Oc3cc([NH3+])ccc3C=C2c2ccccc21. The third-order valence-corrected chi connectivity index (χ3v) is 3.80. The van der Waals surface area contributed by atoms with Crippen molar-refractivity contribution in [3.63, 3.8) is 0 Å². The Morgan fingerprint density at radius 3 is 2.85 bits per heavy atom. The fraction of sp³-hybridized carbons (Fsp3) is 0.0588. The second-order valence-electron chi connectivity index (χ2n) is 5.18. The number of nitrogens with two attached hydrogens (primary N) is 1. The Kier molecular flexibility index (Phi) is 2.33. The highest BCUT2D eigenvalue weighted by Crippen LogP contribution is 2.42. The van der Waals surface area contributed by atoms with Gasteiger partial charge in [-0.3, -0.25) is 0 Å². The Morgan fingerprint density at radius 2 is 1.95 bits per heavy atom. The summed E-state index contributed by atoms with van der Waals surface area (Å²) in [7, 11) is 0. The molecular weight excluding hydrogens is 248 g/mol. The molecule has 0 saturated carbocycles. The zero-order valence-corrected chi connectivity index (χ0v) is 11.0. The largest absolute Gasteiger partial charge is 0.456 e. The molecule has 1 aliphatic carbocycles. The van der Waals surface area contributed by atoms with Crippen molar-refractivity contribution in [2.45, 2.75) is 6.04 Å². The van der Waals surface area contributed by atoms with E-state index < -0.39 is 0 Å². The summed E-state index contributed by atoms with van der Waals surface area (Å²) in [6, 6.07) is 14.1. The summed E-state index contributed by atoms with van der Waals surface area (Å²) in [4.78, 5) is 0. The normalized spacial score (nSPS) is 19.0. The predicted molar refractivity (Wildman–Crippen MR) is 78.9 cm³/mol. The van der Waals surface area contributed by atoms with Crippen LogP contribution >= 0.6 is 0 Å². The highest BCUT2D eigenvalue weighted by molar-refractivity contribution is 5.95. The lowest BCUT2D eigenvalue weighted by Crippen LogP contribution is -2.40. The van der Waals surface area contributed by atoms with Crippen molar-refractivity contribution in [3.05, 3.63) is 71.0 Å². The van der Waals surface area contributed by atoms with Gasteiger partial charge in [-0.2, -0.15) is 0 Å². The van der Waals surface area contributed by atoms with Crippen LogP contribution in [0.15, 0.2) is 54.3 Å². The standard InChI is InChI=1S/C17H14N2O/c18-11-6-5-10-7-14-12-3-1-2-4-13(12)15(19)9-17(14)20-16(10)8-11/h1-9,15H,18-19H2/p+1. The van der Waals surface area contributed by atoms with E-state index in [4.69, 9.17) is 10.5 Å². The van der Waals surface area contributed by atoms with Crippen LogP contribution in [-0.2, 0) is 0 Å². The van der Waals surface area contributed by atoms with E-state index in [1.54, 1.807) is 0 Å². The predicted octanol–water partition coefficient (Wildman–Crippen LogP) is 2.39. The maximum atomic E-state index is 6.21. The fourth-order valence-electron chi connectivity index (χ4n) is 2.81. The van der Waals surface area contributed by atoms with Crippen molar-refractivity contribution in [2.24, 2.45) is 5.73 Å². The molecule has 0 fully saturated rings. The quantitative estimate of drug-likeness (QED) is 0.766. The van der Waals surface area contributed by atoms with Crippen molar-refractivity contribution in [1.82, 2.24) is 0 Å². The fourth-order valence-corrected chi connectivity index (χ4v) is 2.81. The van der Waals surface area contributed by atoms with Crippen LogP contribution in [0.4, 0.5) is 5.69 Å². The molecule has 0 radical (unpaired) electrons. The number of fused-ring (bicyclic) bond motifs is 4. The number of hydrogen-bond donors (Lipinski definition) is 2. The summed E-state index contributed by atoms with van der Waals surface area (Å²) in [5.41, 5.74) is 15.6. The van der Waals surface area contributed by atoms with Crippen LogP contribution in [0, 0.1) is 0 Å². The molecular formula is C17H15N2O+. The average Bonchev–Trinajstić information content (AvgIpc) is 2.46. The van der Waals surface area contributed by atoms with Gasteiger partial charge in [-0.1, -0.05) is 24.3 Å². The Labute approximate surface area is 117 Å². The van der Waals surface area contributed by atoms with Gasteiger partial charge in [0.2, 0.25) is 0 Å². The summed E-state index contributed by atoms with van der Waals surface area (Å²) >= 11 is 0. The number of quaternary nitrogens is 1. The Balaban J connectivity index is 1.95. The smallest absolute Gasteiger partial charge is 0.140 e. The molecule has 0 spiro atoms. The van der Waals surface area contributed by atoms with Crippen LogP contribution in [0.25, 0.3) is 11.6 Å². The first-order chi connectivity index (χ1) is 9.72. The molecule has 5 N–H and O–H groups in total. The van der Waals surface area contributed by atoms with Gasteiger partial charge in [0.15, 0.2) is 0 Å². The molecule has 20 heavy (non-hydrogen) atoms. The molecule has 1 atom stereocenters. The molecule has 1 unspecified atom stereocenters. The van der Waals surface area contributed by atoms with E-state index >= 15 is 0 Å². The van der Waals surface area contributed by atoms with Gasteiger partial charge in [-0.15, -0.1) is 0 Å². The number of benzene rings is 2. The van der Waals surface area contributed by atoms with E-state index in [9.17, 15) is 0 Å². The van der Waals surface area contributed by atoms with E-state index in [1.807, 2.05) is 36.4 Å². The monoisotopic (exact) mass is 263 g/mol. The lowest BCUT2D eigenvalue weighted by atomic mass is 9.86. The van der Waals surface area contributed by atoms with Crippen molar-refractivity contribution in [1.29, 1.82) is 0 Å². The molecule has 0 bridgehead atoms. The minimum Gasteiger partial charge on any atom is -0.456 e. The van der Waals surface area contributed by atoms with Gasteiger partial charge in [0, 0.05) is 17.2 Å². The third-order valence-electron chi connectivity index (χ3n) is 3.80. The van der Waals surface area contributed by atoms with Crippen LogP contribution in [-0.4, -0.2) is 0 Å². The first-order valence-corrected chi connectivity index (χ1v) is 6.65. The first-order valence-electron chi connectivity index (χ1n) is 6.65. The number of hydrogen-bond acceptors (Lipinski definition) is 2. The first kappa shape index (κ1) is 11.5. The lowest BCUT2D eigenvalue weighted by Gasteiger charge is -2.28. The van der Waals surface area contributed by atoms with E-state index in [0.29, 0.717) is 0 Å². The number of allylic oxidation sites excluding steroid dienone is 1. The molecule has 2 aromatic carbocycles. The molecule has 98 valence electrons. The molecule has 2 aliphatic rings. The van der Waals surface area contributed by atoms with Gasteiger partial charge in [0.05, 0.1) is 6.04 Å². The second kappa shape index (κ2) is 4.07. The number of rotatable bonds is 0. The zero-order valence-electron chi connectivity index (χ0n) is 11.0. The van der Waals surface area contributed by atoms with Crippen LogP contribution < -0.4 is 16.2 Å². The van der Waals surface area contributed by atoms with Gasteiger partial charge < -0.3 is 16.2 Å². The van der Waals surface area contributed by atoms with Gasteiger partial charge in [0.25, 0.3) is 0 Å². The van der Waals surface area contributed by atoms with Gasteiger partial charge in [-0.25, -0.2) is 0 Å². The molecule has 0 amide bonds. The molecule has 4 rings (SSSR count). The Bertz CT molecular complexity index is 774.